The second kappa shape index (κ2) is 8.32. The van der Waals surface area contributed by atoms with E-state index >= 15 is 0 Å². The lowest BCUT2D eigenvalue weighted by atomic mass is 10.1. The molecule has 1 amide bonds. The lowest BCUT2D eigenvalue weighted by molar-refractivity contribution is 0.0643. The zero-order valence-corrected chi connectivity index (χ0v) is 17.4. The number of anilines is 1. The van der Waals surface area contributed by atoms with Crippen LogP contribution in [-0.4, -0.2) is 56.8 Å². The van der Waals surface area contributed by atoms with Gasteiger partial charge in [-0.05, 0) is 50.2 Å². The summed E-state index contributed by atoms with van der Waals surface area (Å²) in [4.78, 5) is 17.0. The van der Waals surface area contributed by atoms with E-state index in [9.17, 15) is 13.2 Å². The third-order valence-electron chi connectivity index (χ3n) is 5.12. The van der Waals surface area contributed by atoms with Crippen LogP contribution in [0.2, 0.25) is 0 Å². The number of amides is 1. The molecule has 0 atom stereocenters. The minimum Gasteiger partial charge on any atom is -0.336 e. The maximum Gasteiger partial charge on any atom is 0.261 e. The van der Waals surface area contributed by atoms with Crippen molar-refractivity contribution in [2.45, 2.75) is 25.7 Å². The van der Waals surface area contributed by atoms with E-state index in [0.717, 1.165) is 30.8 Å². The summed E-state index contributed by atoms with van der Waals surface area (Å²) < 4.78 is 28.3. The predicted octanol–water partition coefficient (Wildman–Crippen LogP) is 2.88. The highest BCUT2D eigenvalue weighted by Crippen LogP contribution is 2.22. The minimum absolute atomic E-state index is 0.0884. The Kier molecular flexibility index (Phi) is 6.05. The van der Waals surface area contributed by atoms with Gasteiger partial charge in [0.05, 0.1) is 10.6 Å². The van der Waals surface area contributed by atoms with E-state index in [0.29, 0.717) is 24.3 Å². The fourth-order valence-corrected chi connectivity index (χ4v) is 4.55. The number of carbonyl (C=O) groups excluding carboxylic acids is 1. The van der Waals surface area contributed by atoms with Gasteiger partial charge in [0.1, 0.15) is 0 Å². The van der Waals surface area contributed by atoms with Crippen LogP contribution in [0.4, 0.5) is 5.69 Å². The molecule has 150 valence electrons. The smallest absolute Gasteiger partial charge is 0.261 e. The Labute approximate surface area is 167 Å². The first-order chi connectivity index (χ1) is 13.3. The Hall–Kier alpha value is -2.38. The molecule has 28 heavy (non-hydrogen) atoms. The van der Waals surface area contributed by atoms with Crippen LogP contribution in [0.25, 0.3) is 0 Å². The first-order valence-electron chi connectivity index (χ1n) is 9.52. The molecule has 0 aliphatic carbocycles. The molecule has 0 bridgehead atoms. The van der Waals surface area contributed by atoms with Crippen molar-refractivity contribution in [1.82, 2.24) is 9.80 Å². The molecule has 6 nitrogen and oxygen atoms in total. The molecule has 0 unspecified atom stereocenters. The van der Waals surface area contributed by atoms with E-state index in [1.165, 1.54) is 12.1 Å². The summed E-state index contributed by atoms with van der Waals surface area (Å²) >= 11 is 0. The molecule has 1 N–H and O–H groups in total. The van der Waals surface area contributed by atoms with Gasteiger partial charge in [-0.3, -0.25) is 9.52 Å². The fraction of sp³-hybridized carbons (Fsp3) is 0.381. The van der Waals surface area contributed by atoms with Gasteiger partial charge in [-0.2, -0.15) is 0 Å². The Morgan fingerprint density at radius 2 is 1.75 bits per heavy atom. The van der Waals surface area contributed by atoms with E-state index in [-0.39, 0.29) is 10.8 Å². The van der Waals surface area contributed by atoms with Crippen LogP contribution in [-0.2, 0) is 10.0 Å². The van der Waals surface area contributed by atoms with Crippen LogP contribution in [0.15, 0.2) is 47.4 Å². The topological polar surface area (TPSA) is 69.7 Å². The highest BCUT2D eigenvalue weighted by atomic mass is 32.2. The number of likely N-dealkylation sites (N-methyl/N-ethyl adjacent to an activating group) is 1. The van der Waals surface area contributed by atoms with E-state index < -0.39 is 10.0 Å². The summed E-state index contributed by atoms with van der Waals surface area (Å²) in [6.45, 7) is 9.90. The predicted molar refractivity (Wildman–Crippen MR) is 111 cm³/mol. The number of piperazine rings is 1. The van der Waals surface area contributed by atoms with Crippen molar-refractivity contribution < 1.29 is 13.2 Å². The maximum atomic E-state index is 12.8. The van der Waals surface area contributed by atoms with Crippen molar-refractivity contribution in [3.8, 4) is 0 Å². The molecule has 1 saturated heterocycles. The van der Waals surface area contributed by atoms with Crippen LogP contribution in [0, 0.1) is 13.8 Å². The van der Waals surface area contributed by atoms with Gasteiger partial charge in [-0.25, -0.2) is 8.42 Å². The summed E-state index contributed by atoms with van der Waals surface area (Å²) in [5, 5.41) is 0. The number of carbonyl (C=O) groups is 1. The number of nitrogens with zero attached hydrogens (tertiary/aromatic N) is 2. The zero-order valence-electron chi connectivity index (χ0n) is 16.6. The molecular weight excluding hydrogens is 374 g/mol. The monoisotopic (exact) mass is 401 g/mol. The largest absolute Gasteiger partial charge is 0.336 e. The number of hydrogen-bond donors (Lipinski definition) is 1. The molecule has 0 saturated carbocycles. The summed E-state index contributed by atoms with van der Waals surface area (Å²) in [5.74, 6) is -0.126. The number of aryl methyl sites for hydroxylation is 2. The number of hydrogen-bond acceptors (Lipinski definition) is 4. The lowest BCUT2D eigenvalue weighted by Gasteiger charge is -2.34. The molecule has 7 heteroatoms. The maximum absolute atomic E-state index is 12.8. The Bertz CT molecular complexity index is 965. The molecule has 1 aliphatic rings. The number of sulfonamides is 1. The summed E-state index contributed by atoms with van der Waals surface area (Å²) in [5.41, 5.74) is 2.85. The van der Waals surface area contributed by atoms with Crippen LogP contribution < -0.4 is 4.72 Å². The van der Waals surface area contributed by atoms with Gasteiger partial charge in [0.15, 0.2) is 0 Å². The second-order valence-corrected chi connectivity index (χ2v) is 8.86. The molecule has 3 rings (SSSR count). The van der Waals surface area contributed by atoms with Crippen LogP contribution in [0.5, 0.6) is 0 Å². The van der Waals surface area contributed by atoms with Crippen molar-refractivity contribution in [2.24, 2.45) is 0 Å². The summed E-state index contributed by atoms with van der Waals surface area (Å²) in [6.07, 6.45) is 0. The van der Waals surface area contributed by atoms with E-state index in [2.05, 4.69) is 16.5 Å². The van der Waals surface area contributed by atoms with Gasteiger partial charge in [-0.1, -0.05) is 30.7 Å². The molecular formula is C21H27N3O3S. The SMILES string of the molecule is CCN1CCN(C(=O)c2cccc(S(=O)(=O)Nc3ccc(C)cc3C)c2)CC1. The summed E-state index contributed by atoms with van der Waals surface area (Å²) in [7, 11) is -3.78. The number of benzene rings is 2. The van der Waals surface area contributed by atoms with Gasteiger partial charge >= 0.3 is 0 Å². The first-order valence-corrected chi connectivity index (χ1v) is 11.0. The minimum atomic E-state index is -3.78. The van der Waals surface area contributed by atoms with Crippen molar-refractivity contribution >= 4 is 21.6 Å². The lowest BCUT2D eigenvalue weighted by Crippen LogP contribution is -2.48. The molecule has 0 radical (unpaired) electrons. The van der Waals surface area contributed by atoms with Gasteiger partial charge in [-0.15, -0.1) is 0 Å². The number of rotatable bonds is 5. The third-order valence-corrected chi connectivity index (χ3v) is 6.49. The van der Waals surface area contributed by atoms with Crippen LogP contribution in [0.1, 0.15) is 28.4 Å². The highest BCUT2D eigenvalue weighted by molar-refractivity contribution is 7.92. The zero-order chi connectivity index (χ0) is 20.3. The molecule has 2 aromatic rings. The molecule has 0 spiro atoms. The third kappa shape index (κ3) is 4.54. The second-order valence-electron chi connectivity index (χ2n) is 7.18. The van der Waals surface area contributed by atoms with Crippen LogP contribution >= 0.6 is 0 Å². The van der Waals surface area contributed by atoms with E-state index in [4.69, 9.17) is 0 Å². The van der Waals surface area contributed by atoms with Gasteiger partial charge in [0.2, 0.25) is 0 Å². The Morgan fingerprint density at radius 1 is 1.04 bits per heavy atom. The highest BCUT2D eigenvalue weighted by Gasteiger charge is 2.23. The molecule has 2 aromatic carbocycles. The average molecular weight is 402 g/mol. The molecule has 1 fully saturated rings. The average Bonchev–Trinajstić information content (AvgIpc) is 2.70. The standard InChI is InChI=1S/C21H27N3O3S/c1-4-23-10-12-24(13-11-23)21(25)18-6-5-7-19(15-18)28(26,27)22-20-9-8-16(2)14-17(20)3/h5-9,14-15,22H,4,10-13H2,1-3H3. The van der Waals surface area contributed by atoms with Crippen LogP contribution in [0.3, 0.4) is 0 Å². The van der Waals surface area contributed by atoms with E-state index in [1.807, 2.05) is 26.0 Å². The normalized spacial score (nSPS) is 15.5. The van der Waals surface area contributed by atoms with Gasteiger partial charge < -0.3 is 9.80 Å². The van der Waals surface area contributed by atoms with Gasteiger partial charge in [0.25, 0.3) is 15.9 Å². The molecule has 1 heterocycles. The Balaban J connectivity index is 1.79. The molecule has 1 aliphatic heterocycles. The fourth-order valence-electron chi connectivity index (χ4n) is 3.38. The van der Waals surface area contributed by atoms with Crippen molar-refractivity contribution in [2.75, 3.05) is 37.4 Å². The first kappa shape index (κ1) is 20.4. The van der Waals surface area contributed by atoms with Gasteiger partial charge in [0, 0.05) is 31.7 Å². The Morgan fingerprint density at radius 3 is 2.39 bits per heavy atom. The number of nitrogens with one attached hydrogen (secondary N) is 1. The van der Waals surface area contributed by atoms with Crippen molar-refractivity contribution in [3.63, 3.8) is 0 Å². The quantitative estimate of drug-likeness (QED) is 0.836. The molecule has 0 aromatic heterocycles. The summed E-state index contributed by atoms with van der Waals surface area (Å²) in [6, 6.07) is 11.8. The van der Waals surface area contributed by atoms with E-state index in [1.54, 1.807) is 23.1 Å². The van der Waals surface area contributed by atoms with Crippen molar-refractivity contribution in [3.05, 3.63) is 59.2 Å². The van der Waals surface area contributed by atoms with Crippen molar-refractivity contribution in [1.29, 1.82) is 0 Å².